The number of benzene rings is 2. The van der Waals surface area contributed by atoms with Crippen molar-refractivity contribution in [3.63, 3.8) is 0 Å². The molecule has 0 unspecified atom stereocenters. The summed E-state index contributed by atoms with van der Waals surface area (Å²) in [4.78, 5) is 21.8. The lowest BCUT2D eigenvalue weighted by molar-refractivity contribution is 0.0739. The molecule has 0 N–H and O–H groups in total. The van der Waals surface area contributed by atoms with Crippen LogP contribution in [0.2, 0.25) is 0 Å². The fraction of sp³-hybridized carbons (Fsp3) is 0.304. The van der Waals surface area contributed by atoms with Crippen molar-refractivity contribution in [2.75, 3.05) is 52.4 Å². The number of piperazine rings is 1. The van der Waals surface area contributed by atoms with Gasteiger partial charge in [-0.25, -0.2) is 4.98 Å². The van der Waals surface area contributed by atoms with Crippen molar-refractivity contribution in [1.29, 1.82) is 0 Å². The van der Waals surface area contributed by atoms with Crippen LogP contribution in [0.15, 0.2) is 54.9 Å². The number of carbonyl (C=O) groups excluding carboxylic acids is 1. The van der Waals surface area contributed by atoms with Crippen LogP contribution in [0, 0.1) is 0 Å². The van der Waals surface area contributed by atoms with E-state index in [4.69, 9.17) is 14.2 Å². The lowest BCUT2D eigenvalue weighted by Gasteiger charge is -2.35. The van der Waals surface area contributed by atoms with Crippen molar-refractivity contribution < 1.29 is 19.0 Å². The zero-order valence-electron chi connectivity index (χ0n) is 17.9. The molecule has 31 heavy (non-hydrogen) atoms. The number of hydrogen-bond acceptors (Lipinski definition) is 6. The van der Waals surface area contributed by atoms with E-state index in [2.05, 4.69) is 9.88 Å². The van der Waals surface area contributed by atoms with Gasteiger partial charge in [-0.05, 0) is 24.3 Å². The second kappa shape index (κ2) is 8.99. The number of nitrogens with zero attached hydrogens (tertiary/aromatic N) is 4. The molecule has 3 aromatic rings. The van der Waals surface area contributed by atoms with Gasteiger partial charge in [0.25, 0.3) is 5.91 Å². The van der Waals surface area contributed by atoms with E-state index >= 15 is 0 Å². The second-order valence-corrected chi connectivity index (χ2v) is 7.12. The summed E-state index contributed by atoms with van der Waals surface area (Å²) in [6, 6.07) is 13.2. The van der Waals surface area contributed by atoms with E-state index in [9.17, 15) is 4.79 Å². The first-order valence-corrected chi connectivity index (χ1v) is 10.1. The van der Waals surface area contributed by atoms with Crippen LogP contribution in [0.25, 0.3) is 5.69 Å². The lowest BCUT2D eigenvalue weighted by atomic mass is 10.1. The van der Waals surface area contributed by atoms with Crippen LogP contribution in [0.5, 0.6) is 17.2 Å². The fourth-order valence-corrected chi connectivity index (χ4v) is 3.82. The Labute approximate surface area is 181 Å². The smallest absolute Gasteiger partial charge is 0.261 e. The minimum Gasteiger partial charge on any atom is -0.497 e. The van der Waals surface area contributed by atoms with Gasteiger partial charge in [0, 0.05) is 44.6 Å². The van der Waals surface area contributed by atoms with Crippen molar-refractivity contribution >= 4 is 11.9 Å². The van der Waals surface area contributed by atoms with E-state index in [1.54, 1.807) is 39.7 Å². The maximum absolute atomic E-state index is 13.2. The first-order valence-electron chi connectivity index (χ1n) is 10.1. The monoisotopic (exact) mass is 422 g/mol. The van der Waals surface area contributed by atoms with Gasteiger partial charge in [0.05, 0.1) is 27.0 Å². The number of anilines is 1. The summed E-state index contributed by atoms with van der Waals surface area (Å²) in [6.07, 6.45) is 3.72. The number of hydrogen-bond donors (Lipinski definition) is 0. The van der Waals surface area contributed by atoms with Crippen LogP contribution in [-0.4, -0.2) is 67.9 Å². The quantitative estimate of drug-likeness (QED) is 0.609. The maximum Gasteiger partial charge on any atom is 0.261 e. The Balaban J connectivity index is 1.51. The molecule has 8 nitrogen and oxygen atoms in total. The minimum atomic E-state index is -0.0925. The summed E-state index contributed by atoms with van der Waals surface area (Å²) in [6.45, 7) is 2.49. The van der Waals surface area contributed by atoms with Gasteiger partial charge in [0.1, 0.15) is 22.8 Å². The Morgan fingerprint density at radius 2 is 1.58 bits per heavy atom. The third-order valence-electron chi connectivity index (χ3n) is 5.44. The molecule has 0 aliphatic carbocycles. The van der Waals surface area contributed by atoms with E-state index in [1.807, 2.05) is 46.0 Å². The lowest BCUT2D eigenvalue weighted by Crippen LogP contribution is -2.49. The summed E-state index contributed by atoms with van der Waals surface area (Å²) in [5.41, 5.74) is 1.43. The highest BCUT2D eigenvalue weighted by atomic mass is 16.5. The van der Waals surface area contributed by atoms with Gasteiger partial charge >= 0.3 is 0 Å². The van der Waals surface area contributed by atoms with Gasteiger partial charge in [-0.3, -0.25) is 9.36 Å². The molecule has 162 valence electrons. The average molecular weight is 422 g/mol. The third-order valence-corrected chi connectivity index (χ3v) is 5.44. The Hall–Kier alpha value is -3.68. The highest BCUT2D eigenvalue weighted by Gasteiger charge is 2.28. The standard InChI is InChI=1S/C23H26N4O4/c1-29-18-7-4-6-17(16-18)27-11-10-24-23(27)26-14-12-25(13-15-26)22(28)21-19(30-2)8-5-9-20(21)31-3/h4-11,16H,12-15H2,1-3H3. The van der Waals surface area contributed by atoms with Gasteiger partial charge in [-0.2, -0.15) is 0 Å². The number of amides is 1. The van der Waals surface area contributed by atoms with Crippen LogP contribution < -0.4 is 19.1 Å². The van der Waals surface area contributed by atoms with E-state index in [0.717, 1.165) is 17.4 Å². The zero-order chi connectivity index (χ0) is 21.8. The molecule has 0 spiro atoms. The van der Waals surface area contributed by atoms with Crippen molar-refractivity contribution in [1.82, 2.24) is 14.5 Å². The van der Waals surface area contributed by atoms with Gasteiger partial charge in [0.15, 0.2) is 0 Å². The molecule has 1 saturated heterocycles. The number of aromatic nitrogens is 2. The number of rotatable bonds is 6. The van der Waals surface area contributed by atoms with Crippen LogP contribution in [0.3, 0.4) is 0 Å². The highest BCUT2D eigenvalue weighted by Crippen LogP contribution is 2.30. The predicted octanol–water partition coefficient (Wildman–Crippen LogP) is 2.86. The molecule has 1 aliphatic rings. The Bertz CT molecular complexity index is 1030. The molecule has 8 heteroatoms. The predicted molar refractivity (Wildman–Crippen MR) is 118 cm³/mol. The number of ether oxygens (including phenoxy) is 3. The summed E-state index contributed by atoms with van der Waals surface area (Å²) in [5.74, 6) is 2.57. The molecule has 1 aliphatic heterocycles. The SMILES string of the molecule is COc1cccc(-n2ccnc2N2CCN(C(=O)c3c(OC)cccc3OC)CC2)c1. The molecule has 1 aromatic heterocycles. The molecule has 0 saturated carbocycles. The number of carbonyl (C=O) groups is 1. The van der Waals surface area contributed by atoms with E-state index in [-0.39, 0.29) is 5.91 Å². The zero-order valence-corrected chi connectivity index (χ0v) is 17.9. The Morgan fingerprint density at radius 1 is 0.903 bits per heavy atom. The fourth-order valence-electron chi connectivity index (χ4n) is 3.82. The third kappa shape index (κ3) is 4.01. The number of imidazole rings is 1. The van der Waals surface area contributed by atoms with Crippen molar-refractivity contribution in [3.8, 4) is 22.9 Å². The Morgan fingerprint density at radius 3 is 2.23 bits per heavy atom. The molecule has 1 amide bonds. The van der Waals surface area contributed by atoms with E-state index in [0.29, 0.717) is 43.2 Å². The molecular formula is C23H26N4O4. The molecule has 2 aromatic carbocycles. The molecule has 4 rings (SSSR count). The molecule has 1 fully saturated rings. The van der Waals surface area contributed by atoms with Crippen LogP contribution >= 0.6 is 0 Å². The Kier molecular flexibility index (Phi) is 5.97. The summed E-state index contributed by atoms with van der Waals surface area (Å²) in [5, 5.41) is 0. The molecular weight excluding hydrogens is 396 g/mol. The number of methoxy groups -OCH3 is 3. The van der Waals surface area contributed by atoms with Crippen molar-refractivity contribution in [3.05, 3.63) is 60.4 Å². The van der Waals surface area contributed by atoms with Gasteiger partial charge in [-0.15, -0.1) is 0 Å². The molecule has 2 heterocycles. The van der Waals surface area contributed by atoms with E-state index in [1.165, 1.54) is 0 Å². The summed E-state index contributed by atoms with van der Waals surface area (Å²) >= 11 is 0. The molecule has 0 radical (unpaired) electrons. The first kappa shape index (κ1) is 20.6. The van der Waals surface area contributed by atoms with Crippen molar-refractivity contribution in [2.45, 2.75) is 0 Å². The van der Waals surface area contributed by atoms with Crippen LogP contribution in [0.4, 0.5) is 5.95 Å². The second-order valence-electron chi connectivity index (χ2n) is 7.12. The summed E-state index contributed by atoms with van der Waals surface area (Å²) in [7, 11) is 4.77. The largest absolute Gasteiger partial charge is 0.497 e. The topological polar surface area (TPSA) is 69.1 Å². The molecule has 0 bridgehead atoms. The normalized spacial score (nSPS) is 13.8. The highest BCUT2D eigenvalue weighted by molar-refractivity contribution is 5.99. The van der Waals surface area contributed by atoms with Crippen molar-refractivity contribution in [2.24, 2.45) is 0 Å². The van der Waals surface area contributed by atoms with Crippen LogP contribution in [0.1, 0.15) is 10.4 Å². The van der Waals surface area contributed by atoms with Crippen LogP contribution in [-0.2, 0) is 0 Å². The average Bonchev–Trinajstić information content (AvgIpc) is 3.33. The molecule has 0 atom stereocenters. The minimum absolute atomic E-state index is 0.0925. The summed E-state index contributed by atoms with van der Waals surface area (Å²) < 4.78 is 18.2. The van der Waals surface area contributed by atoms with Gasteiger partial charge in [-0.1, -0.05) is 12.1 Å². The van der Waals surface area contributed by atoms with Gasteiger partial charge < -0.3 is 24.0 Å². The van der Waals surface area contributed by atoms with E-state index < -0.39 is 0 Å². The van der Waals surface area contributed by atoms with Gasteiger partial charge in [0.2, 0.25) is 5.95 Å². The first-order chi connectivity index (χ1) is 15.2. The maximum atomic E-state index is 13.2.